The van der Waals surface area contributed by atoms with Gasteiger partial charge < -0.3 is 20.4 Å². The standard InChI is InChI=1S/C24H24N4O2/c1-16-11-12-18(26-23(29)17-7-6-8-19(13-17)27(2)3)14-22(16)28-15-25-24(30)20-9-4-5-10-21(20)28/h4-14H,15H2,1-3H3,(H,25,30)(H,26,29). The number of aryl methyl sites for hydroxylation is 1. The highest BCUT2D eigenvalue weighted by Crippen LogP contribution is 2.34. The third-order valence-corrected chi connectivity index (χ3v) is 5.22. The van der Waals surface area contributed by atoms with Crippen LogP contribution in [-0.4, -0.2) is 32.6 Å². The van der Waals surface area contributed by atoms with Gasteiger partial charge in [-0.25, -0.2) is 0 Å². The van der Waals surface area contributed by atoms with Gasteiger partial charge in [0.2, 0.25) is 0 Å². The predicted molar refractivity (Wildman–Crippen MR) is 121 cm³/mol. The quantitative estimate of drug-likeness (QED) is 0.691. The summed E-state index contributed by atoms with van der Waals surface area (Å²) in [7, 11) is 3.89. The summed E-state index contributed by atoms with van der Waals surface area (Å²) in [5.74, 6) is -0.245. The Hall–Kier alpha value is -3.80. The van der Waals surface area contributed by atoms with Crippen LogP contribution in [0.25, 0.3) is 0 Å². The van der Waals surface area contributed by atoms with Gasteiger partial charge in [-0.2, -0.15) is 0 Å². The van der Waals surface area contributed by atoms with E-state index < -0.39 is 0 Å². The third-order valence-electron chi connectivity index (χ3n) is 5.22. The van der Waals surface area contributed by atoms with Gasteiger partial charge in [0.25, 0.3) is 11.8 Å². The number of benzene rings is 3. The summed E-state index contributed by atoms with van der Waals surface area (Å²) < 4.78 is 0. The van der Waals surface area contributed by atoms with E-state index in [2.05, 4.69) is 10.6 Å². The molecule has 1 aliphatic rings. The number of hydrogen-bond donors (Lipinski definition) is 2. The largest absolute Gasteiger partial charge is 0.378 e. The molecule has 0 saturated heterocycles. The van der Waals surface area contributed by atoms with Crippen molar-refractivity contribution in [1.82, 2.24) is 5.32 Å². The summed E-state index contributed by atoms with van der Waals surface area (Å²) in [4.78, 5) is 29.0. The fraction of sp³-hybridized carbons (Fsp3) is 0.167. The van der Waals surface area contributed by atoms with Gasteiger partial charge in [-0.15, -0.1) is 0 Å². The summed E-state index contributed by atoms with van der Waals surface area (Å²) in [5, 5.41) is 5.90. The molecule has 0 radical (unpaired) electrons. The number of anilines is 4. The van der Waals surface area contributed by atoms with Crippen molar-refractivity contribution in [2.75, 3.05) is 35.9 Å². The van der Waals surface area contributed by atoms with Gasteiger partial charge in [0.15, 0.2) is 0 Å². The van der Waals surface area contributed by atoms with E-state index in [1.165, 1.54) is 0 Å². The Morgan fingerprint density at radius 2 is 1.80 bits per heavy atom. The summed E-state index contributed by atoms with van der Waals surface area (Å²) in [6, 6.07) is 20.8. The lowest BCUT2D eigenvalue weighted by Gasteiger charge is -2.32. The van der Waals surface area contributed by atoms with Gasteiger partial charge in [-0.05, 0) is 55.0 Å². The molecule has 3 aromatic carbocycles. The van der Waals surface area contributed by atoms with E-state index in [9.17, 15) is 9.59 Å². The molecule has 2 amide bonds. The smallest absolute Gasteiger partial charge is 0.255 e. The number of para-hydroxylation sites is 1. The molecule has 30 heavy (non-hydrogen) atoms. The molecule has 0 spiro atoms. The van der Waals surface area contributed by atoms with E-state index in [-0.39, 0.29) is 11.8 Å². The minimum Gasteiger partial charge on any atom is -0.378 e. The van der Waals surface area contributed by atoms with Crippen LogP contribution in [0.15, 0.2) is 66.7 Å². The lowest BCUT2D eigenvalue weighted by atomic mass is 10.1. The number of rotatable bonds is 4. The first-order valence-corrected chi connectivity index (χ1v) is 9.78. The molecule has 152 valence electrons. The van der Waals surface area contributed by atoms with E-state index in [0.29, 0.717) is 23.5 Å². The zero-order chi connectivity index (χ0) is 21.3. The molecule has 2 N–H and O–H groups in total. The Morgan fingerprint density at radius 1 is 1.00 bits per heavy atom. The molecule has 1 aliphatic heterocycles. The topological polar surface area (TPSA) is 64.7 Å². The van der Waals surface area contributed by atoms with Gasteiger partial charge in [0.1, 0.15) is 0 Å². The second-order valence-electron chi connectivity index (χ2n) is 7.51. The van der Waals surface area contributed by atoms with Crippen molar-refractivity contribution in [2.45, 2.75) is 6.92 Å². The Balaban J connectivity index is 1.63. The van der Waals surface area contributed by atoms with Crippen molar-refractivity contribution in [3.8, 4) is 0 Å². The van der Waals surface area contributed by atoms with Crippen molar-refractivity contribution in [3.63, 3.8) is 0 Å². The molecule has 0 aromatic heterocycles. The van der Waals surface area contributed by atoms with Gasteiger partial charge >= 0.3 is 0 Å². The summed E-state index contributed by atoms with van der Waals surface area (Å²) >= 11 is 0. The number of nitrogens with one attached hydrogen (secondary N) is 2. The van der Waals surface area contributed by atoms with Crippen molar-refractivity contribution >= 4 is 34.6 Å². The Morgan fingerprint density at radius 3 is 2.60 bits per heavy atom. The van der Waals surface area contributed by atoms with Crippen LogP contribution in [0.3, 0.4) is 0 Å². The SMILES string of the molecule is Cc1ccc(NC(=O)c2cccc(N(C)C)c2)cc1N1CNC(=O)c2ccccc21. The average Bonchev–Trinajstić information content (AvgIpc) is 2.76. The van der Waals surface area contributed by atoms with Crippen LogP contribution in [0, 0.1) is 6.92 Å². The highest BCUT2D eigenvalue weighted by molar-refractivity contribution is 6.05. The number of fused-ring (bicyclic) bond motifs is 1. The van der Waals surface area contributed by atoms with Crippen molar-refractivity contribution in [3.05, 3.63) is 83.4 Å². The monoisotopic (exact) mass is 400 g/mol. The lowest BCUT2D eigenvalue weighted by Crippen LogP contribution is -2.41. The first kappa shape index (κ1) is 19.5. The highest BCUT2D eigenvalue weighted by Gasteiger charge is 2.24. The molecule has 0 fully saturated rings. The van der Waals surface area contributed by atoms with E-state index in [1.807, 2.05) is 91.5 Å². The van der Waals surface area contributed by atoms with Crippen LogP contribution in [0.1, 0.15) is 26.3 Å². The average molecular weight is 400 g/mol. The second-order valence-corrected chi connectivity index (χ2v) is 7.51. The molecule has 4 rings (SSSR count). The fourth-order valence-corrected chi connectivity index (χ4v) is 3.55. The number of nitrogens with zero attached hydrogens (tertiary/aromatic N) is 2. The molecule has 0 saturated carbocycles. The zero-order valence-corrected chi connectivity index (χ0v) is 17.3. The zero-order valence-electron chi connectivity index (χ0n) is 17.3. The molecule has 6 heteroatoms. The van der Waals surface area contributed by atoms with E-state index in [0.717, 1.165) is 22.6 Å². The van der Waals surface area contributed by atoms with Crippen LogP contribution in [-0.2, 0) is 0 Å². The molecule has 0 aliphatic carbocycles. The molecule has 0 unspecified atom stereocenters. The molecular formula is C24H24N4O2. The molecular weight excluding hydrogens is 376 g/mol. The highest BCUT2D eigenvalue weighted by atomic mass is 16.2. The van der Waals surface area contributed by atoms with Gasteiger partial charge in [0, 0.05) is 36.7 Å². The summed E-state index contributed by atoms with van der Waals surface area (Å²) in [6.07, 6.45) is 0. The molecule has 0 atom stereocenters. The molecule has 6 nitrogen and oxygen atoms in total. The summed E-state index contributed by atoms with van der Waals surface area (Å²) in [5.41, 5.74) is 5.73. The Labute approximate surface area is 176 Å². The molecule has 3 aromatic rings. The number of hydrogen-bond acceptors (Lipinski definition) is 4. The maximum Gasteiger partial charge on any atom is 0.255 e. The van der Waals surface area contributed by atoms with Gasteiger partial charge in [-0.3, -0.25) is 9.59 Å². The maximum absolute atomic E-state index is 12.8. The second kappa shape index (κ2) is 7.91. The van der Waals surface area contributed by atoms with Gasteiger partial charge in [0.05, 0.1) is 17.9 Å². The van der Waals surface area contributed by atoms with Crippen molar-refractivity contribution in [2.24, 2.45) is 0 Å². The molecule has 1 heterocycles. The van der Waals surface area contributed by atoms with Crippen molar-refractivity contribution in [1.29, 1.82) is 0 Å². The summed E-state index contributed by atoms with van der Waals surface area (Å²) in [6.45, 7) is 2.39. The van der Waals surface area contributed by atoms with E-state index in [1.54, 1.807) is 6.07 Å². The molecule has 0 bridgehead atoms. The van der Waals surface area contributed by atoms with E-state index in [4.69, 9.17) is 0 Å². The number of carbonyl (C=O) groups is 2. The normalized spacial score (nSPS) is 12.8. The predicted octanol–water partition coefficient (Wildman–Crippen LogP) is 4.15. The van der Waals surface area contributed by atoms with Crippen LogP contribution >= 0.6 is 0 Å². The number of amides is 2. The first-order chi connectivity index (χ1) is 14.4. The van der Waals surface area contributed by atoms with Crippen LogP contribution in [0.2, 0.25) is 0 Å². The first-order valence-electron chi connectivity index (χ1n) is 9.78. The third kappa shape index (κ3) is 3.72. The van der Waals surface area contributed by atoms with Crippen LogP contribution in [0.4, 0.5) is 22.7 Å². The number of carbonyl (C=O) groups excluding carboxylic acids is 2. The minimum atomic E-state index is -0.166. The Bertz CT molecular complexity index is 1120. The fourth-order valence-electron chi connectivity index (χ4n) is 3.55. The van der Waals surface area contributed by atoms with Crippen LogP contribution in [0.5, 0.6) is 0 Å². The van der Waals surface area contributed by atoms with Gasteiger partial charge in [-0.1, -0.05) is 24.3 Å². The maximum atomic E-state index is 12.8. The van der Waals surface area contributed by atoms with Crippen molar-refractivity contribution < 1.29 is 9.59 Å². The lowest BCUT2D eigenvalue weighted by molar-refractivity contribution is 0.0948. The Kier molecular flexibility index (Phi) is 5.14. The van der Waals surface area contributed by atoms with Crippen LogP contribution < -0.4 is 20.4 Å². The van der Waals surface area contributed by atoms with E-state index >= 15 is 0 Å². The minimum absolute atomic E-state index is 0.0789.